The molecule has 2 aliphatic heterocycles. The van der Waals surface area contributed by atoms with Crippen molar-refractivity contribution < 1.29 is 9.53 Å². The summed E-state index contributed by atoms with van der Waals surface area (Å²) in [7, 11) is 0. The Hall–Kier alpha value is -0.900. The molecule has 0 aliphatic carbocycles. The highest BCUT2D eigenvalue weighted by Gasteiger charge is 2.21. The van der Waals surface area contributed by atoms with Crippen molar-refractivity contribution in [3.8, 4) is 0 Å². The average molecular weight is 168 g/mol. The van der Waals surface area contributed by atoms with E-state index in [4.69, 9.17) is 4.74 Å². The van der Waals surface area contributed by atoms with Gasteiger partial charge in [-0.3, -0.25) is 9.79 Å². The molecule has 1 unspecified atom stereocenters. The number of ether oxygens (including phenoxy) is 1. The van der Waals surface area contributed by atoms with E-state index in [0.717, 1.165) is 31.7 Å². The highest BCUT2D eigenvalue weighted by Crippen LogP contribution is 2.15. The van der Waals surface area contributed by atoms with Crippen LogP contribution in [0.15, 0.2) is 4.99 Å². The van der Waals surface area contributed by atoms with Crippen LogP contribution < -0.4 is 5.32 Å². The van der Waals surface area contributed by atoms with Gasteiger partial charge in [0.25, 0.3) is 0 Å². The van der Waals surface area contributed by atoms with E-state index in [0.29, 0.717) is 6.54 Å². The first-order valence-corrected chi connectivity index (χ1v) is 4.29. The lowest BCUT2D eigenvalue weighted by Crippen LogP contribution is -2.27. The molecule has 2 aliphatic rings. The average Bonchev–Trinajstić information content (AvgIpc) is 2.63. The molecule has 0 saturated carbocycles. The fourth-order valence-electron chi connectivity index (χ4n) is 1.54. The molecular weight excluding hydrogens is 156 g/mol. The van der Waals surface area contributed by atoms with Gasteiger partial charge < -0.3 is 10.1 Å². The van der Waals surface area contributed by atoms with E-state index < -0.39 is 0 Å². The maximum absolute atomic E-state index is 10.8. The summed E-state index contributed by atoms with van der Waals surface area (Å²) in [5.74, 6) is 0.801. The molecule has 2 rings (SSSR count). The van der Waals surface area contributed by atoms with Gasteiger partial charge in [0.2, 0.25) is 5.91 Å². The summed E-state index contributed by atoms with van der Waals surface area (Å²) in [5, 5.41) is 2.71. The van der Waals surface area contributed by atoms with Gasteiger partial charge in [-0.05, 0) is 12.8 Å². The molecule has 1 saturated heterocycles. The molecule has 1 amide bonds. The van der Waals surface area contributed by atoms with Crippen LogP contribution in [0, 0.1) is 0 Å². The number of amidine groups is 1. The summed E-state index contributed by atoms with van der Waals surface area (Å²) in [6.45, 7) is 1.15. The highest BCUT2D eigenvalue weighted by atomic mass is 16.5. The molecule has 0 aromatic carbocycles. The molecule has 1 N–H and O–H groups in total. The van der Waals surface area contributed by atoms with Crippen LogP contribution in [0.25, 0.3) is 0 Å². The number of carbonyl (C=O) groups excluding carboxylic acids is 1. The summed E-state index contributed by atoms with van der Waals surface area (Å²) in [6, 6.07) is 0. The van der Waals surface area contributed by atoms with Gasteiger partial charge in [-0.25, -0.2) is 0 Å². The number of amides is 1. The van der Waals surface area contributed by atoms with Gasteiger partial charge in [-0.15, -0.1) is 0 Å². The lowest BCUT2D eigenvalue weighted by Gasteiger charge is -2.07. The van der Waals surface area contributed by atoms with Gasteiger partial charge in [0, 0.05) is 13.0 Å². The van der Waals surface area contributed by atoms with Crippen molar-refractivity contribution in [2.45, 2.75) is 25.4 Å². The molecule has 12 heavy (non-hydrogen) atoms. The minimum Gasteiger partial charge on any atom is -0.378 e. The third-order valence-corrected chi connectivity index (χ3v) is 2.14. The van der Waals surface area contributed by atoms with Crippen LogP contribution in [0.5, 0.6) is 0 Å². The second-order valence-electron chi connectivity index (χ2n) is 3.15. The van der Waals surface area contributed by atoms with E-state index in [-0.39, 0.29) is 12.0 Å². The van der Waals surface area contributed by atoms with Crippen molar-refractivity contribution in [1.82, 2.24) is 5.32 Å². The summed E-state index contributed by atoms with van der Waals surface area (Å²) in [4.78, 5) is 14.8. The van der Waals surface area contributed by atoms with E-state index in [1.165, 1.54) is 0 Å². The first-order valence-electron chi connectivity index (χ1n) is 4.29. The third kappa shape index (κ3) is 1.64. The number of hydrogen-bond donors (Lipinski definition) is 1. The number of aliphatic imine (C=N–C) groups is 1. The molecule has 0 aromatic heterocycles. The number of nitrogens with one attached hydrogen (secondary N) is 1. The van der Waals surface area contributed by atoms with Crippen molar-refractivity contribution in [2.24, 2.45) is 4.99 Å². The normalized spacial score (nSPS) is 28.8. The van der Waals surface area contributed by atoms with Gasteiger partial charge >= 0.3 is 0 Å². The molecule has 1 fully saturated rings. The second kappa shape index (κ2) is 3.23. The van der Waals surface area contributed by atoms with Crippen LogP contribution in [-0.2, 0) is 9.53 Å². The van der Waals surface area contributed by atoms with Crippen LogP contribution in [-0.4, -0.2) is 31.0 Å². The van der Waals surface area contributed by atoms with Gasteiger partial charge in [0.1, 0.15) is 12.4 Å². The molecule has 0 radical (unpaired) electrons. The zero-order valence-corrected chi connectivity index (χ0v) is 6.88. The Morgan fingerprint density at radius 1 is 1.67 bits per heavy atom. The van der Waals surface area contributed by atoms with E-state index in [9.17, 15) is 4.79 Å². The summed E-state index contributed by atoms with van der Waals surface area (Å²) in [5.41, 5.74) is 0. The molecule has 0 spiro atoms. The maximum Gasteiger partial charge on any atom is 0.246 e. The first-order chi connectivity index (χ1) is 5.84. The lowest BCUT2D eigenvalue weighted by atomic mass is 10.2. The van der Waals surface area contributed by atoms with Crippen LogP contribution in [0.1, 0.15) is 19.3 Å². The zero-order chi connectivity index (χ0) is 8.39. The number of hydrogen-bond acceptors (Lipinski definition) is 3. The Morgan fingerprint density at radius 3 is 3.17 bits per heavy atom. The third-order valence-electron chi connectivity index (χ3n) is 2.14. The van der Waals surface area contributed by atoms with Crippen molar-refractivity contribution in [1.29, 1.82) is 0 Å². The summed E-state index contributed by atoms with van der Waals surface area (Å²) in [6.07, 6.45) is 3.27. The number of rotatable bonds is 2. The van der Waals surface area contributed by atoms with E-state index >= 15 is 0 Å². The predicted octanol–water partition coefficient (Wildman–Crippen LogP) is 0.0838. The van der Waals surface area contributed by atoms with Gasteiger partial charge in [-0.2, -0.15) is 0 Å². The van der Waals surface area contributed by atoms with Crippen LogP contribution in [0.2, 0.25) is 0 Å². The second-order valence-corrected chi connectivity index (χ2v) is 3.15. The van der Waals surface area contributed by atoms with Crippen molar-refractivity contribution >= 4 is 11.7 Å². The molecule has 0 bridgehead atoms. The number of carbonyl (C=O) groups is 1. The molecule has 1 atom stereocenters. The van der Waals surface area contributed by atoms with Crippen LogP contribution in [0.3, 0.4) is 0 Å². The molecule has 0 aromatic rings. The highest BCUT2D eigenvalue weighted by molar-refractivity contribution is 6.04. The van der Waals surface area contributed by atoms with E-state index in [1.54, 1.807) is 0 Å². The van der Waals surface area contributed by atoms with Crippen molar-refractivity contribution in [2.75, 3.05) is 13.2 Å². The standard InChI is InChI=1S/C8H12N2O2/c11-8-5-9-7(10-8)4-6-2-1-3-12-6/h6H,1-5H2,(H,9,10,11). The van der Waals surface area contributed by atoms with Gasteiger partial charge in [0.05, 0.1) is 6.10 Å². The van der Waals surface area contributed by atoms with Crippen LogP contribution in [0.4, 0.5) is 0 Å². The smallest absolute Gasteiger partial charge is 0.246 e. The topological polar surface area (TPSA) is 50.7 Å². The Kier molecular flexibility index (Phi) is 2.08. The van der Waals surface area contributed by atoms with E-state index in [2.05, 4.69) is 10.3 Å². The quantitative estimate of drug-likeness (QED) is 0.635. The van der Waals surface area contributed by atoms with Gasteiger partial charge in [-0.1, -0.05) is 0 Å². The van der Waals surface area contributed by atoms with Gasteiger partial charge in [0.15, 0.2) is 0 Å². The Balaban J connectivity index is 1.82. The Morgan fingerprint density at radius 2 is 2.58 bits per heavy atom. The van der Waals surface area contributed by atoms with Crippen LogP contribution >= 0.6 is 0 Å². The lowest BCUT2D eigenvalue weighted by molar-refractivity contribution is -0.117. The SMILES string of the molecule is O=C1CN=C(CC2CCCO2)N1. The van der Waals surface area contributed by atoms with Crippen molar-refractivity contribution in [3.63, 3.8) is 0 Å². The molecule has 4 nitrogen and oxygen atoms in total. The zero-order valence-electron chi connectivity index (χ0n) is 6.88. The Bertz CT molecular complexity index is 219. The predicted molar refractivity (Wildman–Crippen MR) is 44.0 cm³/mol. The minimum atomic E-state index is 0.00277. The van der Waals surface area contributed by atoms with Crippen molar-refractivity contribution in [3.05, 3.63) is 0 Å². The summed E-state index contributed by atoms with van der Waals surface area (Å²) >= 11 is 0. The fourth-order valence-corrected chi connectivity index (χ4v) is 1.54. The number of nitrogens with zero attached hydrogens (tertiary/aromatic N) is 1. The molecular formula is C8H12N2O2. The first kappa shape index (κ1) is 7.73. The largest absolute Gasteiger partial charge is 0.378 e. The Labute approximate surface area is 71.0 Å². The molecule has 2 heterocycles. The molecule has 4 heteroatoms. The fraction of sp³-hybridized carbons (Fsp3) is 0.750. The monoisotopic (exact) mass is 168 g/mol. The summed E-state index contributed by atoms with van der Waals surface area (Å²) < 4.78 is 5.42. The molecule has 66 valence electrons. The van der Waals surface area contributed by atoms with E-state index in [1.807, 2.05) is 0 Å². The minimum absolute atomic E-state index is 0.00277. The maximum atomic E-state index is 10.8.